The third-order valence-corrected chi connectivity index (χ3v) is 5.32. The molecule has 0 bridgehead atoms. The Morgan fingerprint density at radius 2 is 1.79 bits per heavy atom. The zero-order valence-corrected chi connectivity index (χ0v) is 16.8. The molecule has 0 fully saturated rings. The molecule has 3 rings (SSSR count). The molecular weight excluding hydrogens is 366 g/mol. The quantitative estimate of drug-likeness (QED) is 0.401. The van der Waals surface area contributed by atoms with Crippen molar-refractivity contribution in [1.82, 2.24) is 0 Å². The molecule has 0 unspecified atom stereocenters. The lowest BCUT2D eigenvalue weighted by atomic mass is 10.1. The summed E-state index contributed by atoms with van der Waals surface area (Å²) in [5, 5.41) is 2.95. The van der Waals surface area contributed by atoms with Gasteiger partial charge in [0.2, 0.25) is 5.91 Å². The van der Waals surface area contributed by atoms with Gasteiger partial charge in [0.05, 0.1) is 7.11 Å². The number of amides is 1. The molecule has 0 spiro atoms. The predicted octanol–water partition coefficient (Wildman–Crippen LogP) is 5.95. The largest absolute Gasteiger partial charge is 0.497 e. The molecule has 0 atom stereocenters. The van der Waals surface area contributed by atoms with Gasteiger partial charge in [-0.15, -0.1) is 11.8 Å². The van der Waals surface area contributed by atoms with E-state index in [1.54, 1.807) is 31.0 Å². The van der Waals surface area contributed by atoms with E-state index >= 15 is 0 Å². The fourth-order valence-electron chi connectivity index (χ4n) is 2.70. The van der Waals surface area contributed by atoms with Gasteiger partial charge in [-0.25, -0.2) is 0 Å². The average molecular weight is 390 g/mol. The summed E-state index contributed by atoms with van der Waals surface area (Å²) in [6.07, 6.45) is 3.33. The topological polar surface area (TPSA) is 38.3 Å². The maximum Gasteiger partial charge on any atom is 0.248 e. The van der Waals surface area contributed by atoms with E-state index in [1.165, 1.54) is 10.5 Å². The van der Waals surface area contributed by atoms with Gasteiger partial charge >= 0.3 is 0 Å². The molecule has 28 heavy (non-hydrogen) atoms. The van der Waals surface area contributed by atoms with E-state index in [1.807, 2.05) is 55.5 Å². The van der Waals surface area contributed by atoms with Crippen LogP contribution < -0.4 is 10.1 Å². The molecule has 0 radical (unpaired) electrons. The molecule has 3 aromatic rings. The van der Waals surface area contributed by atoms with Crippen LogP contribution in [0, 0.1) is 6.92 Å². The molecule has 0 saturated heterocycles. The Bertz CT molecular complexity index is 950. The lowest BCUT2D eigenvalue weighted by molar-refractivity contribution is -0.111. The maximum absolute atomic E-state index is 12.2. The molecule has 0 heterocycles. The number of methoxy groups -OCH3 is 1. The number of hydrogen-bond acceptors (Lipinski definition) is 3. The first-order valence-corrected chi connectivity index (χ1v) is 10.0. The second-order valence-corrected chi connectivity index (χ2v) is 7.40. The highest BCUT2D eigenvalue weighted by Gasteiger charge is 2.04. The first-order valence-electron chi connectivity index (χ1n) is 9.04. The third kappa shape index (κ3) is 5.76. The van der Waals surface area contributed by atoms with Crippen LogP contribution in [0.25, 0.3) is 6.08 Å². The summed E-state index contributed by atoms with van der Waals surface area (Å²) in [4.78, 5) is 13.5. The number of carbonyl (C=O) groups excluding carboxylic acids is 1. The first kappa shape index (κ1) is 19.8. The molecule has 0 aliphatic rings. The van der Waals surface area contributed by atoms with Crippen molar-refractivity contribution in [3.05, 3.63) is 95.6 Å². The Hall–Kier alpha value is -2.98. The number of anilines is 1. The third-order valence-electron chi connectivity index (χ3n) is 4.24. The van der Waals surface area contributed by atoms with Crippen LogP contribution in [-0.4, -0.2) is 13.0 Å². The fraction of sp³-hybridized carbons (Fsp3) is 0.125. The van der Waals surface area contributed by atoms with Crippen molar-refractivity contribution < 1.29 is 9.53 Å². The van der Waals surface area contributed by atoms with E-state index in [4.69, 9.17) is 4.74 Å². The number of nitrogens with one attached hydrogen (secondary N) is 1. The van der Waals surface area contributed by atoms with Crippen molar-refractivity contribution in [3.8, 4) is 5.75 Å². The van der Waals surface area contributed by atoms with E-state index in [0.717, 1.165) is 28.3 Å². The summed E-state index contributed by atoms with van der Waals surface area (Å²) in [6, 6.07) is 24.1. The standard InChI is InChI=1S/C24H23NO2S/c1-18-16-20(17-28-22-6-4-3-5-7-22)10-14-23(18)25-24(26)15-11-19-8-12-21(27-2)13-9-19/h3-16H,17H2,1-2H3,(H,25,26)/b15-11+. The van der Waals surface area contributed by atoms with Crippen LogP contribution in [0.3, 0.4) is 0 Å². The summed E-state index contributed by atoms with van der Waals surface area (Å²) in [5.74, 6) is 1.55. The molecule has 3 nitrogen and oxygen atoms in total. The summed E-state index contributed by atoms with van der Waals surface area (Å²) in [5.41, 5.74) is 4.06. The van der Waals surface area contributed by atoms with Gasteiger partial charge in [0.15, 0.2) is 0 Å². The molecule has 0 aliphatic carbocycles. The first-order chi connectivity index (χ1) is 13.6. The molecule has 0 aliphatic heterocycles. The van der Waals surface area contributed by atoms with Crippen LogP contribution in [0.2, 0.25) is 0 Å². The molecule has 142 valence electrons. The fourth-order valence-corrected chi connectivity index (χ4v) is 3.56. The monoisotopic (exact) mass is 389 g/mol. The van der Waals surface area contributed by atoms with Crippen molar-refractivity contribution in [1.29, 1.82) is 0 Å². The van der Waals surface area contributed by atoms with Crippen molar-refractivity contribution >= 4 is 29.4 Å². The van der Waals surface area contributed by atoms with Crippen LogP contribution in [0.15, 0.2) is 83.8 Å². The summed E-state index contributed by atoms with van der Waals surface area (Å²) >= 11 is 1.80. The van der Waals surface area contributed by atoms with E-state index in [-0.39, 0.29) is 5.91 Å². The van der Waals surface area contributed by atoms with Crippen LogP contribution >= 0.6 is 11.8 Å². The van der Waals surface area contributed by atoms with Crippen LogP contribution in [0.1, 0.15) is 16.7 Å². The number of thioether (sulfide) groups is 1. The SMILES string of the molecule is COc1ccc(/C=C/C(=O)Nc2ccc(CSc3ccccc3)cc2C)cc1. The van der Waals surface area contributed by atoms with E-state index in [2.05, 4.69) is 29.6 Å². The van der Waals surface area contributed by atoms with Gasteiger partial charge in [-0.2, -0.15) is 0 Å². The minimum atomic E-state index is -0.148. The van der Waals surface area contributed by atoms with Gasteiger partial charge in [0, 0.05) is 22.4 Å². The number of benzene rings is 3. The van der Waals surface area contributed by atoms with Crippen molar-refractivity contribution in [2.24, 2.45) is 0 Å². The molecular formula is C24H23NO2S. The Morgan fingerprint density at radius 1 is 1.04 bits per heavy atom. The second kappa shape index (κ2) is 9.81. The number of hydrogen-bond donors (Lipinski definition) is 1. The van der Waals surface area contributed by atoms with E-state index in [9.17, 15) is 4.79 Å². The normalized spacial score (nSPS) is 10.8. The second-order valence-electron chi connectivity index (χ2n) is 6.35. The Labute approximate surface area is 170 Å². The van der Waals surface area contributed by atoms with Crippen LogP contribution in [-0.2, 0) is 10.5 Å². The Balaban J connectivity index is 1.57. The van der Waals surface area contributed by atoms with Gasteiger partial charge in [-0.1, -0.05) is 42.5 Å². The van der Waals surface area contributed by atoms with E-state index in [0.29, 0.717) is 0 Å². The Kier molecular flexibility index (Phi) is 6.93. The molecule has 0 saturated carbocycles. The van der Waals surface area contributed by atoms with Gasteiger partial charge in [0.25, 0.3) is 0 Å². The smallest absolute Gasteiger partial charge is 0.248 e. The lowest BCUT2D eigenvalue weighted by Gasteiger charge is -2.09. The number of carbonyl (C=O) groups is 1. The summed E-state index contributed by atoms with van der Waals surface area (Å²) in [6.45, 7) is 2.01. The highest BCUT2D eigenvalue weighted by Crippen LogP contribution is 2.25. The molecule has 3 aromatic carbocycles. The molecule has 4 heteroatoms. The average Bonchev–Trinajstić information content (AvgIpc) is 2.73. The number of ether oxygens (including phenoxy) is 1. The highest BCUT2D eigenvalue weighted by molar-refractivity contribution is 7.98. The van der Waals surface area contributed by atoms with Crippen LogP contribution in [0.4, 0.5) is 5.69 Å². The van der Waals surface area contributed by atoms with Gasteiger partial charge in [0.1, 0.15) is 5.75 Å². The van der Waals surface area contributed by atoms with Crippen molar-refractivity contribution in [2.75, 3.05) is 12.4 Å². The number of aryl methyl sites for hydroxylation is 1. The van der Waals surface area contributed by atoms with Gasteiger partial charge < -0.3 is 10.1 Å². The molecule has 0 aromatic heterocycles. The maximum atomic E-state index is 12.2. The zero-order valence-electron chi connectivity index (χ0n) is 16.0. The Morgan fingerprint density at radius 3 is 2.46 bits per heavy atom. The van der Waals surface area contributed by atoms with E-state index < -0.39 is 0 Å². The summed E-state index contributed by atoms with van der Waals surface area (Å²) < 4.78 is 5.13. The predicted molar refractivity (Wildman–Crippen MR) is 118 cm³/mol. The minimum Gasteiger partial charge on any atom is -0.497 e. The highest BCUT2D eigenvalue weighted by atomic mass is 32.2. The minimum absolute atomic E-state index is 0.148. The molecule has 1 N–H and O–H groups in total. The number of rotatable bonds is 7. The summed E-state index contributed by atoms with van der Waals surface area (Å²) in [7, 11) is 1.63. The van der Waals surface area contributed by atoms with Gasteiger partial charge in [-0.05, 0) is 60.0 Å². The zero-order chi connectivity index (χ0) is 19.8. The van der Waals surface area contributed by atoms with Crippen molar-refractivity contribution in [2.45, 2.75) is 17.6 Å². The van der Waals surface area contributed by atoms with Gasteiger partial charge in [-0.3, -0.25) is 4.79 Å². The van der Waals surface area contributed by atoms with Crippen molar-refractivity contribution in [3.63, 3.8) is 0 Å². The van der Waals surface area contributed by atoms with Crippen LogP contribution in [0.5, 0.6) is 5.75 Å². The molecule has 1 amide bonds. The lowest BCUT2D eigenvalue weighted by Crippen LogP contribution is -2.09.